The zero-order chi connectivity index (χ0) is 43.9. The fourth-order valence-electron chi connectivity index (χ4n) is 9.67. The Labute approximate surface area is 367 Å². The molecule has 61 heavy (non-hydrogen) atoms. The number of hydrogen-bond acceptors (Lipinski definition) is 1. The Morgan fingerprint density at radius 3 is 1.74 bits per heavy atom. The lowest BCUT2D eigenvalue weighted by molar-refractivity contribution is -0.714. The number of aryl methyl sites for hydroxylation is 1. The van der Waals surface area contributed by atoms with Crippen LogP contribution in [-0.2, 0) is 5.41 Å². The van der Waals surface area contributed by atoms with Gasteiger partial charge in [0.15, 0.2) is 0 Å². The first-order valence-corrected chi connectivity index (χ1v) is 22.8. The maximum atomic E-state index is 4.80. The van der Waals surface area contributed by atoms with Crippen molar-refractivity contribution in [2.24, 2.45) is 5.92 Å². The van der Waals surface area contributed by atoms with E-state index in [9.17, 15) is 0 Å². The molecule has 0 saturated carbocycles. The van der Waals surface area contributed by atoms with Gasteiger partial charge in [-0.25, -0.2) is 9.55 Å². The monoisotopic (exact) mass is 810 g/mol. The molecule has 316 valence electrons. The molecule has 1 aliphatic carbocycles. The standard InChI is InChI=1S/C30H32N2.C27H37N2/c1-19(2)23-18-24-22-14-10-11-15-25(22)30(5,6)27(24)26(20(3)4)28(23)32-17-16-31-29(32)21-12-8-7-9-13-21;1-18(2)22(8)28-16-17-29(27(28)25-13-10-9-12-21(25)7)26-23(19(3)4)14-11-15-24(26)20(5)6/h7-20H,1-6H3;9-20,22H,1-8H3/q;+1. The van der Waals surface area contributed by atoms with E-state index in [1.54, 1.807) is 0 Å². The summed E-state index contributed by atoms with van der Waals surface area (Å²) in [6, 6.07) is 37.9. The van der Waals surface area contributed by atoms with E-state index in [0.717, 1.165) is 11.4 Å². The fourth-order valence-corrected chi connectivity index (χ4v) is 9.67. The molecule has 1 atom stereocenters. The van der Waals surface area contributed by atoms with Crippen molar-refractivity contribution >= 4 is 0 Å². The summed E-state index contributed by atoms with van der Waals surface area (Å²) in [4.78, 5) is 4.80. The Kier molecular flexibility index (Phi) is 12.5. The summed E-state index contributed by atoms with van der Waals surface area (Å²) in [5.74, 6) is 4.55. The normalized spacial score (nSPS) is 13.6. The van der Waals surface area contributed by atoms with E-state index in [2.05, 4.69) is 232 Å². The molecule has 1 unspecified atom stereocenters. The molecule has 8 rings (SSSR count). The topological polar surface area (TPSA) is 26.6 Å². The van der Waals surface area contributed by atoms with E-state index in [1.165, 1.54) is 72.8 Å². The summed E-state index contributed by atoms with van der Waals surface area (Å²) in [5, 5.41) is 0. The van der Waals surface area contributed by atoms with E-state index in [1.807, 2.05) is 6.20 Å². The largest absolute Gasteiger partial charge is 0.299 e. The van der Waals surface area contributed by atoms with Crippen LogP contribution in [0.1, 0.15) is 159 Å². The van der Waals surface area contributed by atoms with Crippen LogP contribution in [0.3, 0.4) is 0 Å². The Morgan fingerprint density at radius 2 is 1.15 bits per heavy atom. The molecule has 4 nitrogen and oxygen atoms in total. The Hall–Kier alpha value is -5.48. The summed E-state index contributed by atoms with van der Waals surface area (Å²) < 4.78 is 7.25. The molecule has 0 fully saturated rings. The van der Waals surface area contributed by atoms with Crippen molar-refractivity contribution in [3.63, 3.8) is 0 Å². The predicted octanol–water partition coefficient (Wildman–Crippen LogP) is 15.3. The number of benzene rings is 5. The molecule has 0 amide bonds. The first kappa shape index (κ1) is 43.6. The van der Waals surface area contributed by atoms with Gasteiger partial charge in [0.05, 0.1) is 11.3 Å². The maximum Gasteiger partial charge on any atom is 0.294 e. The van der Waals surface area contributed by atoms with Crippen LogP contribution in [0, 0.1) is 12.8 Å². The minimum absolute atomic E-state index is 0.0384. The second-order valence-corrected chi connectivity index (χ2v) is 19.4. The third-order valence-electron chi connectivity index (χ3n) is 13.2. The molecule has 0 radical (unpaired) electrons. The van der Waals surface area contributed by atoms with Gasteiger partial charge in [-0.3, -0.25) is 4.57 Å². The molecule has 0 N–H and O–H groups in total. The van der Waals surface area contributed by atoms with Crippen molar-refractivity contribution < 1.29 is 4.57 Å². The smallest absolute Gasteiger partial charge is 0.294 e. The lowest BCUT2D eigenvalue weighted by Crippen LogP contribution is -2.41. The number of imidazole rings is 2. The highest BCUT2D eigenvalue weighted by molar-refractivity contribution is 5.85. The van der Waals surface area contributed by atoms with Gasteiger partial charge in [-0.1, -0.05) is 174 Å². The molecule has 5 aromatic carbocycles. The van der Waals surface area contributed by atoms with Crippen molar-refractivity contribution in [3.8, 4) is 45.3 Å². The van der Waals surface area contributed by atoms with Crippen LogP contribution in [0.15, 0.2) is 128 Å². The summed E-state index contributed by atoms with van der Waals surface area (Å²) in [6.45, 7) is 32.4. The molecular formula is C57H69N4+. The van der Waals surface area contributed by atoms with Gasteiger partial charge in [-0.2, -0.15) is 4.57 Å². The van der Waals surface area contributed by atoms with Gasteiger partial charge in [0.2, 0.25) is 0 Å². The third-order valence-corrected chi connectivity index (χ3v) is 13.2. The van der Waals surface area contributed by atoms with Crippen LogP contribution in [-0.4, -0.2) is 14.1 Å². The number of para-hydroxylation sites is 1. The van der Waals surface area contributed by atoms with Gasteiger partial charge in [0, 0.05) is 34.5 Å². The third kappa shape index (κ3) is 7.95. The Morgan fingerprint density at radius 1 is 0.557 bits per heavy atom. The number of fused-ring (bicyclic) bond motifs is 3. The highest BCUT2D eigenvalue weighted by Gasteiger charge is 2.40. The molecule has 1 aliphatic rings. The molecule has 0 bridgehead atoms. The van der Waals surface area contributed by atoms with Crippen molar-refractivity contribution in [2.75, 3.05) is 0 Å². The molecule has 4 heteroatoms. The van der Waals surface area contributed by atoms with E-state index >= 15 is 0 Å². The Bertz CT molecular complexity index is 2600. The van der Waals surface area contributed by atoms with Gasteiger partial charge >= 0.3 is 0 Å². The second kappa shape index (κ2) is 17.5. The first-order chi connectivity index (χ1) is 29.1. The molecule has 7 aromatic rings. The lowest BCUT2D eigenvalue weighted by Gasteiger charge is -2.30. The summed E-state index contributed by atoms with van der Waals surface area (Å²) >= 11 is 0. The number of hydrogen-bond donors (Lipinski definition) is 0. The van der Waals surface area contributed by atoms with Gasteiger partial charge in [-0.15, -0.1) is 0 Å². The zero-order valence-electron chi connectivity index (χ0n) is 39.4. The van der Waals surface area contributed by atoms with Gasteiger partial charge in [-0.05, 0) is 94.5 Å². The number of aromatic nitrogens is 4. The molecule has 2 aromatic heterocycles. The zero-order valence-corrected chi connectivity index (χ0v) is 39.4. The van der Waals surface area contributed by atoms with Crippen LogP contribution in [0.4, 0.5) is 0 Å². The summed E-state index contributed by atoms with van der Waals surface area (Å²) in [5.41, 5.74) is 17.7. The molecule has 0 spiro atoms. The molecule has 0 aliphatic heterocycles. The van der Waals surface area contributed by atoms with E-state index in [0.29, 0.717) is 35.6 Å². The molecular weight excluding hydrogens is 741 g/mol. The van der Waals surface area contributed by atoms with Crippen LogP contribution in [0.5, 0.6) is 0 Å². The van der Waals surface area contributed by atoms with Crippen LogP contribution < -0.4 is 4.57 Å². The average Bonchev–Trinajstić information content (AvgIpc) is 3.96. The minimum atomic E-state index is -0.0384. The first-order valence-electron chi connectivity index (χ1n) is 22.8. The van der Waals surface area contributed by atoms with E-state index < -0.39 is 0 Å². The van der Waals surface area contributed by atoms with Crippen LogP contribution in [0.25, 0.3) is 45.3 Å². The Balaban J connectivity index is 0.000000185. The summed E-state index contributed by atoms with van der Waals surface area (Å²) in [6.07, 6.45) is 8.61. The number of rotatable bonds is 10. The molecule has 2 heterocycles. The summed E-state index contributed by atoms with van der Waals surface area (Å²) in [7, 11) is 0. The van der Waals surface area contributed by atoms with Crippen molar-refractivity contribution in [3.05, 3.63) is 167 Å². The van der Waals surface area contributed by atoms with Crippen molar-refractivity contribution in [2.45, 2.75) is 132 Å². The van der Waals surface area contributed by atoms with Crippen molar-refractivity contribution in [1.29, 1.82) is 0 Å². The second-order valence-electron chi connectivity index (χ2n) is 19.4. The van der Waals surface area contributed by atoms with Crippen molar-refractivity contribution in [1.82, 2.24) is 14.1 Å². The molecule has 0 saturated heterocycles. The highest BCUT2D eigenvalue weighted by Crippen LogP contribution is 2.54. The van der Waals surface area contributed by atoms with Gasteiger partial charge in [0.25, 0.3) is 5.82 Å². The van der Waals surface area contributed by atoms with E-state index in [4.69, 9.17) is 4.98 Å². The predicted molar refractivity (Wildman–Crippen MR) is 259 cm³/mol. The lowest BCUT2D eigenvalue weighted by atomic mass is 9.76. The van der Waals surface area contributed by atoms with Gasteiger partial charge < -0.3 is 0 Å². The average molecular weight is 810 g/mol. The SMILES string of the molecule is CC(C)c1cc2c(c(C(C)C)c1-n1ccnc1-c1ccccc1)C(C)(C)c1ccccc1-2.Cc1ccccc1-c1n(-c2c(C(C)C)cccc2C(C)C)cc[n+]1C(C)C(C)C. The maximum absolute atomic E-state index is 4.80. The number of nitrogens with zero attached hydrogens (tertiary/aromatic N) is 4. The highest BCUT2D eigenvalue weighted by atomic mass is 15.2. The quantitative estimate of drug-likeness (QED) is 0.126. The minimum Gasteiger partial charge on any atom is -0.299 e. The van der Waals surface area contributed by atoms with Crippen LogP contribution in [0.2, 0.25) is 0 Å². The fraction of sp³-hybridized carbons (Fsp3) is 0.368. The van der Waals surface area contributed by atoms with Crippen LogP contribution >= 0.6 is 0 Å². The van der Waals surface area contributed by atoms with Gasteiger partial charge in [0.1, 0.15) is 29.9 Å². The van der Waals surface area contributed by atoms with E-state index in [-0.39, 0.29) is 5.41 Å².